The number of benzene rings is 2. The third-order valence-electron chi connectivity index (χ3n) is 3.57. The fourth-order valence-electron chi connectivity index (χ4n) is 2.36. The summed E-state index contributed by atoms with van der Waals surface area (Å²) >= 11 is 0. The molecule has 0 radical (unpaired) electrons. The van der Waals surface area contributed by atoms with Gasteiger partial charge in [0, 0.05) is 5.69 Å². The lowest BCUT2D eigenvalue weighted by Gasteiger charge is -2.20. The normalized spacial score (nSPS) is 11.6. The molecule has 0 fully saturated rings. The topological polar surface area (TPSA) is 67.4 Å². The van der Waals surface area contributed by atoms with Crippen LogP contribution in [0.1, 0.15) is 25.8 Å². The standard InChI is InChI=1S/C20H24N2O3/c1-15(2)13-18(19(23)21-17-11-7-4-8-12-17)22-20(24)25-14-16-9-5-3-6-10-16/h3-12,15,18H,13-14H2,1-2H3,(H,21,23)(H,22,24)/t18-/m1/s1. The molecule has 25 heavy (non-hydrogen) atoms. The van der Waals surface area contributed by atoms with Crippen LogP contribution >= 0.6 is 0 Å². The average Bonchev–Trinajstić information content (AvgIpc) is 2.61. The number of hydrogen-bond acceptors (Lipinski definition) is 3. The van der Waals surface area contributed by atoms with Gasteiger partial charge in [-0.3, -0.25) is 4.79 Å². The monoisotopic (exact) mass is 340 g/mol. The van der Waals surface area contributed by atoms with Crippen LogP contribution in [0.5, 0.6) is 0 Å². The molecule has 0 saturated heterocycles. The van der Waals surface area contributed by atoms with Crippen LogP contribution in [0, 0.1) is 5.92 Å². The lowest BCUT2D eigenvalue weighted by molar-refractivity contribution is -0.118. The highest BCUT2D eigenvalue weighted by molar-refractivity contribution is 5.96. The maximum absolute atomic E-state index is 12.5. The van der Waals surface area contributed by atoms with E-state index in [1.54, 1.807) is 12.1 Å². The first-order chi connectivity index (χ1) is 12.0. The zero-order valence-electron chi connectivity index (χ0n) is 14.6. The van der Waals surface area contributed by atoms with Crippen molar-refractivity contribution in [1.82, 2.24) is 5.32 Å². The Hall–Kier alpha value is -2.82. The molecule has 5 nitrogen and oxygen atoms in total. The first kappa shape index (κ1) is 18.5. The van der Waals surface area contributed by atoms with Crippen molar-refractivity contribution in [2.75, 3.05) is 5.32 Å². The van der Waals surface area contributed by atoms with E-state index in [0.29, 0.717) is 12.1 Å². The molecule has 2 amide bonds. The van der Waals surface area contributed by atoms with Gasteiger partial charge in [0.2, 0.25) is 5.91 Å². The molecule has 0 aliphatic heterocycles. The Morgan fingerprint density at radius 1 is 0.960 bits per heavy atom. The number of amides is 2. The number of alkyl carbamates (subject to hydrolysis) is 1. The molecule has 0 saturated carbocycles. The van der Waals surface area contributed by atoms with Crippen molar-refractivity contribution >= 4 is 17.7 Å². The smallest absolute Gasteiger partial charge is 0.408 e. The summed E-state index contributed by atoms with van der Waals surface area (Å²) in [5.74, 6) is -0.00231. The van der Waals surface area contributed by atoms with E-state index in [4.69, 9.17) is 4.74 Å². The van der Waals surface area contributed by atoms with Gasteiger partial charge in [0.05, 0.1) is 0 Å². The Labute approximate surface area is 148 Å². The van der Waals surface area contributed by atoms with E-state index in [1.807, 2.05) is 62.4 Å². The number of ether oxygens (including phenoxy) is 1. The second-order valence-electron chi connectivity index (χ2n) is 6.24. The van der Waals surface area contributed by atoms with Crippen LogP contribution in [0.4, 0.5) is 10.5 Å². The van der Waals surface area contributed by atoms with Crippen LogP contribution in [-0.2, 0) is 16.1 Å². The maximum atomic E-state index is 12.5. The van der Waals surface area contributed by atoms with Gasteiger partial charge < -0.3 is 15.4 Å². The highest BCUT2D eigenvalue weighted by Gasteiger charge is 2.22. The Morgan fingerprint density at radius 2 is 1.56 bits per heavy atom. The van der Waals surface area contributed by atoms with Crippen LogP contribution < -0.4 is 10.6 Å². The van der Waals surface area contributed by atoms with Crippen molar-refractivity contribution in [2.24, 2.45) is 5.92 Å². The lowest BCUT2D eigenvalue weighted by atomic mass is 10.0. The molecule has 1 atom stereocenters. The molecule has 132 valence electrons. The fourth-order valence-corrected chi connectivity index (χ4v) is 2.36. The largest absolute Gasteiger partial charge is 0.445 e. The van der Waals surface area contributed by atoms with Gasteiger partial charge in [0.1, 0.15) is 12.6 Å². The number of carbonyl (C=O) groups excluding carboxylic acids is 2. The number of carbonyl (C=O) groups is 2. The summed E-state index contributed by atoms with van der Waals surface area (Å²) in [7, 11) is 0. The number of rotatable bonds is 7. The van der Waals surface area contributed by atoms with Crippen molar-refractivity contribution < 1.29 is 14.3 Å². The van der Waals surface area contributed by atoms with Gasteiger partial charge in [0.15, 0.2) is 0 Å². The van der Waals surface area contributed by atoms with Gasteiger partial charge in [-0.25, -0.2) is 4.79 Å². The molecule has 5 heteroatoms. The van der Waals surface area contributed by atoms with Gasteiger partial charge >= 0.3 is 6.09 Å². The fraction of sp³-hybridized carbons (Fsp3) is 0.300. The quantitative estimate of drug-likeness (QED) is 0.801. The molecule has 2 aromatic rings. The third kappa shape index (κ3) is 6.67. The number of hydrogen-bond donors (Lipinski definition) is 2. The molecular formula is C20H24N2O3. The molecule has 2 rings (SSSR count). The third-order valence-corrected chi connectivity index (χ3v) is 3.57. The van der Waals surface area contributed by atoms with Crippen molar-refractivity contribution in [1.29, 1.82) is 0 Å². The maximum Gasteiger partial charge on any atom is 0.408 e. The molecule has 0 unspecified atom stereocenters. The van der Waals surface area contributed by atoms with E-state index >= 15 is 0 Å². The number of nitrogens with one attached hydrogen (secondary N) is 2. The Kier molecular flexibility index (Phi) is 7.01. The predicted molar refractivity (Wildman–Crippen MR) is 98.1 cm³/mol. The Morgan fingerprint density at radius 3 is 2.16 bits per heavy atom. The van der Waals surface area contributed by atoms with Gasteiger partial charge in [-0.15, -0.1) is 0 Å². The molecule has 0 aliphatic carbocycles. The van der Waals surface area contributed by atoms with E-state index < -0.39 is 12.1 Å². The van der Waals surface area contributed by atoms with Gasteiger partial charge in [-0.05, 0) is 30.0 Å². The van der Waals surface area contributed by atoms with Crippen molar-refractivity contribution in [3.63, 3.8) is 0 Å². The summed E-state index contributed by atoms with van der Waals surface area (Å²) < 4.78 is 5.21. The van der Waals surface area contributed by atoms with Gasteiger partial charge in [-0.1, -0.05) is 62.4 Å². The number of para-hydroxylation sites is 1. The second-order valence-corrected chi connectivity index (χ2v) is 6.24. The van der Waals surface area contributed by atoms with Crippen LogP contribution in [0.3, 0.4) is 0 Å². The van der Waals surface area contributed by atoms with Crippen molar-refractivity contribution in [2.45, 2.75) is 32.9 Å². The molecule has 2 aromatic carbocycles. The van der Waals surface area contributed by atoms with Crippen molar-refractivity contribution in [3.05, 3.63) is 66.2 Å². The van der Waals surface area contributed by atoms with Crippen LogP contribution in [0.15, 0.2) is 60.7 Å². The summed E-state index contributed by atoms with van der Waals surface area (Å²) in [6.07, 6.45) is -0.0724. The SMILES string of the molecule is CC(C)C[C@@H](NC(=O)OCc1ccccc1)C(=O)Nc1ccccc1. The van der Waals surface area contributed by atoms with E-state index in [2.05, 4.69) is 10.6 Å². The zero-order valence-corrected chi connectivity index (χ0v) is 14.6. The Bertz CT molecular complexity index is 672. The summed E-state index contributed by atoms with van der Waals surface area (Å²) in [5.41, 5.74) is 1.59. The first-order valence-corrected chi connectivity index (χ1v) is 8.37. The van der Waals surface area contributed by atoms with Gasteiger partial charge in [-0.2, -0.15) is 0 Å². The van der Waals surface area contributed by atoms with E-state index in [-0.39, 0.29) is 18.4 Å². The minimum atomic E-state index is -0.650. The minimum absolute atomic E-state index is 0.168. The van der Waals surface area contributed by atoms with E-state index in [1.165, 1.54) is 0 Å². The van der Waals surface area contributed by atoms with E-state index in [0.717, 1.165) is 5.56 Å². The molecule has 0 aliphatic rings. The zero-order chi connectivity index (χ0) is 18.1. The summed E-state index contributed by atoms with van der Waals surface area (Å²) in [4.78, 5) is 24.5. The second kappa shape index (κ2) is 9.47. The Balaban J connectivity index is 1.92. The molecule has 0 heterocycles. The van der Waals surface area contributed by atoms with Crippen molar-refractivity contribution in [3.8, 4) is 0 Å². The average molecular weight is 340 g/mol. The lowest BCUT2D eigenvalue weighted by Crippen LogP contribution is -2.44. The summed E-state index contributed by atoms with van der Waals surface area (Å²) in [6, 6.07) is 17.9. The molecule has 2 N–H and O–H groups in total. The minimum Gasteiger partial charge on any atom is -0.445 e. The molecule has 0 spiro atoms. The highest BCUT2D eigenvalue weighted by atomic mass is 16.5. The molecular weight excluding hydrogens is 316 g/mol. The summed E-state index contributed by atoms with van der Waals surface area (Å²) in [5, 5.41) is 5.48. The number of anilines is 1. The van der Waals surface area contributed by atoms with Crippen LogP contribution in [0.2, 0.25) is 0 Å². The van der Waals surface area contributed by atoms with Crippen LogP contribution in [-0.4, -0.2) is 18.0 Å². The predicted octanol–water partition coefficient (Wildman–Crippen LogP) is 3.97. The molecule has 0 bridgehead atoms. The summed E-state index contributed by atoms with van der Waals surface area (Å²) in [6.45, 7) is 4.17. The van der Waals surface area contributed by atoms with E-state index in [9.17, 15) is 9.59 Å². The van der Waals surface area contributed by atoms with Gasteiger partial charge in [0.25, 0.3) is 0 Å². The molecule has 0 aromatic heterocycles. The van der Waals surface area contributed by atoms with Crippen LogP contribution in [0.25, 0.3) is 0 Å². The first-order valence-electron chi connectivity index (χ1n) is 8.37. The highest BCUT2D eigenvalue weighted by Crippen LogP contribution is 2.10.